The second-order valence-corrected chi connectivity index (χ2v) is 24.8. The zero-order chi connectivity index (χ0) is 61.2. The Hall–Kier alpha value is -13.0. The van der Waals surface area contributed by atoms with Crippen molar-refractivity contribution in [2.45, 2.75) is 0 Å². The minimum Gasteiger partial charge on any atom is -0.456 e. The first-order valence-corrected chi connectivity index (χ1v) is 31.6. The van der Waals surface area contributed by atoms with Crippen molar-refractivity contribution in [1.82, 2.24) is 13.7 Å². The average molecular weight is 1200 g/mol. The van der Waals surface area contributed by atoms with Crippen molar-refractivity contribution in [3.63, 3.8) is 0 Å². The van der Waals surface area contributed by atoms with Crippen molar-refractivity contribution < 1.29 is 22.1 Å². The van der Waals surface area contributed by atoms with Crippen LogP contribution in [-0.2, 0) is 0 Å². The summed E-state index contributed by atoms with van der Waals surface area (Å²) in [4.78, 5) is 0. The molecule has 0 radical (unpaired) electrons. The van der Waals surface area contributed by atoms with Crippen LogP contribution in [0.25, 0.3) is 214 Å². The first-order valence-electron chi connectivity index (χ1n) is 31.6. The van der Waals surface area contributed by atoms with Gasteiger partial charge in [0.1, 0.15) is 61.9 Å². The third-order valence-electron chi connectivity index (χ3n) is 20.1. The summed E-state index contributed by atoms with van der Waals surface area (Å²) in [5, 5.41) is 29.3. The molecule has 434 valence electrons. The van der Waals surface area contributed by atoms with E-state index < -0.39 is 0 Å². The zero-order valence-corrected chi connectivity index (χ0v) is 49.7. The maximum absolute atomic E-state index is 13.2. The van der Waals surface area contributed by atoms with Crippen LogP contribution in [0.1, 0.15) is 5.56 Å². The summed E-state index contributed by atoms with van der Waals surface area (Å²) in [5.41, 5.74) is 19.5. The Kier molecular flexibility index (Phi) is 9.59. The molecule has 0 aliphatic rings. The van der Waals surface area contributed by atoms with Gasteiger partial charge in [-0.25, -0.2) is 0 Å². The van der Waals surface area contributed by atoms with Gasteiger partial charge in [0.25, 0.3) is 0 Å². The maximum atomic E-state index is 13.2. The number of para-hydroxylation sites is 8. The molecule has 22 aromatic rings. The summed E-state index contributed by atoms with van der Waals surface area (Å²) in [6.45, 7) is 0. The molecule has 0 bridgehead atoms. The zero-order valence-electron chi connectivity index (χ0n) is 49.7. The second kappa shape index (κ2) is 18.1. The van der Waals surface area contributed by atoms with Gasteiger partial charge in [0.2, 0.25) is 0 Å². The smallest absolute Gasteiger partial charge is 0.136 e. The van der Waals surface area contributed by atoms with Gasteiger partial charge in [-0.3, -0.25) is 0 Å². The predicted molar refractivity (Wildman–Crippen MR) is 381 cm³/mol. The highest BCUT2D eigenvalue weighted by Gasteiger charge is 2.36. The van der Waals surface area contributed by atoms with Crippen molar-refractivity contribution in [3.05, 3.63) is 272 Å². The van der Waals surface area contributed by atoms with Gasteiger partial charge in [0.15, 0.2) is 0 Å². The number of hydrogen-bond donors (Lipinski definition) is 0. The van der Waals surface area contributed by atoms with E-state index in [1.54, 1.807) is 0 Å². The molecule has 0 amide bonds. The van der Waals surface area contributed by atoms with Crippen molar-refractivity contribution in [2.24, 2.45) is 0 Å². The summed E-state index contributed by atoms with van der Waals surface area (Å²) in [6, 6.07) is 96.7. The van der Waals surface area contributed by atoms with Crippen LogP contribution in [0.5, 0.6) is 0 Å². The monoisotopic (exact) mass is 1200 g/mol. The molecule has 0 saturated carbocycles. The molecule has 0 fully saturated rings. The highest BCUT2D eigenvalue weighted by Crippen LogP contribution is 2.55. The molecule has 8 aromatic heterocycles. The number of aromatic nitrogens is 3. The first-order chi connectivity index (χ1) is 46.6. The molecule has 8 heterocycles. The van der Waals surface area contributed by atoms with Crippen molar-refractivity contribution in [1.29, 1.82) is 5.26 Å². The van der Waals surface area contributed by atoms with Gasteiger partial charge in [-0.05, 0) is 120 Å². The van der Waals surface area contributed by atoms with Crippen LogP contribution >= 0.6 is 0 Å². The Balaban J connectivity index is 1.06. The lowest BCUT2D eigenvalue weighted by Gasteiger charge is -2.29. The van der Waals surface area contributed by atoms with E-state index >= 15 is 0 Å². The van der Waals surface area contributed by atoms with Crippen LogP contribution in [0.3, 0.4) is 0 Å². The van der Waals surface area contributed by atoms with Gasteiger partial charge >= 0.3 is 0 Å². The standard InChI is InChI=1S/C85H44N4O5/c86-45-58-75(46-33-38-70-56(43-46)48-17-4-12-28-65(48)90-70)83(87-59-25-9-1-19-50(59)77-62(87)35-40-72-80(77)53-22-6-14-30-67(53)92-72)85(89-61-27-11-3-21-52(61)79-64(89)37-42-74-82(79)55-24-8-16-32-69(55)94-74)84(76(58)47-34-39-71-57(44-47)49-18-5-13-29-66(49)91-71)88-60-26-10-2-20-51(60)78-63(88)36-41-73-81(78)54-23-7-15-31-68(54)93-73/h1-44H. The van der Waals surface area contributed by atoms with Gasteiger partial charge in [-0.1, -0.05) is 158 Å². The van der Waals surface area contributed by atoms with Gasteiger partial charge < -0.3 is 35.8 Å². The molecule has 0 saturated heterocycles. The quantitative estimate of drug-likeness (QED) is 0.170. The fourth-order valence-corrected chi connectivity index (χ4v) is 16.3. The molecule has 0 N–H and O–H groups in total. The number of nitrogens with zero attached hydrogens (tertiary/aromatic N) is 4. The second-order valence-electron chi connectivity index (χ2n) is 24.8. The van der Waals surface area contributed by atoms with Crippen LogP contribution in [0.4, 0.5) is 0 Å². The van der Waals surface area contributed by atoms with Crippen LogP contribution in [0, 0.1) is 11.3 Å². The lowest BCUT2D eigenvalue weighted by atomic mass is 9.86. The van der Waals surface area contributed by atoms with Crippen LogP contribution in [-0.4, -0.2) is 13.7 Å². The molecule has 14 aromatic carbocycles. The Morgan fingerprint density at radius 1 is 0.223 bits per heavy atom. The molecule has 22 rings (SSSR count). The van der Waals surface area contributed by atoms with Crippen molar-refractivity contribution in [2.75, 3.05) is 0 Å². The molecule has 0 aliphatic heterocycles. The number of fused-ring (bicyclic) bond motifs is 27. The highest BCUT2D eigenvalue weighted by molar-refractivity contribution is 6.32. The summed E-state index contributed by atoms with van der Waals surface area (Å²) in [7, 11) is 0. The molecule has 0 atom stereocenters. The average Bonchev–Trinajstić information content (AvgIpc) is 1.48. The summed E-state index contributed by atoms with van der Waals surface area (Å²) in [6.07, 6.45) is 0. The van der Waals surface area contributed by atoms with Crippen LogP contribution in [0.2, 0.25) is 0 Å². The first kappa shape index (κ1) is 49.8. The Bertz CT molecular complexity index is 6880. The Labute approximate surface area is 531 Å². The highest BCUT2D eigenvalue weighted by atomic mass is 16.3. The number of nitriles is 1. The number of hydrogen-bond acceptors (Lipinski definition) is 6. The topological polar surface area (TPSA) is 104 Å². The third kappa shape index (κ3) is 6.40. The molecule has 0 unspecified atom stereocenters. The molecule has 0 spiro atoms. The Morgan fingerprint density at radius 3 is 0.862 bits per heavy atom. The summed E-state index contributed by atoms with van der Waals surface area (Å²) < 4.78 is 41.2. The van der Waals surface area contributed by atoms with Crippen molar-refractivity contribution in [3.8, 4) is 45.4 Å². The van der Waals surface area contributed by atoms with Crippen LogP contribution in [0.15, 0.2) is 289 Å². The molecule has 0 aliphatic carbocycles. The number of rotatable bonds is 5. The lowest BCUT2D eigenvalue weighted by molar-refractivity contribution is 0.668. The van der Waals surface area contributed by atoms with Gasteiger partial charge in [-0.2, -0.15) is 5.26 Å². The Morgan fingerprint density at radius 2 is 0.500 bits per heavy atom. The normalized spacial score (nSPS) is 12.5. The van der Waals surface area contributed by atoms with E-state index in [9.17, 15) is 5.26 Å². The van der Waals surface area contributed by atoms with E-state index in [1.165, 1.54) is 0 Å². The van der Waals surface area contributed by atoms with E-state index in [0.29, 0.717) is 5.56 Å². The van der Waals surface area contributed by atoms with E-state index in [4.69, 9.17) is 22.1 Å². The van der Waals surface area contributed by atoms with Gasteiger partial charge in [-0.15, -0.1) is 0 Å². The molecular formula is C85H44N4O5. The fraction of sp³-hybridized carbons (Fsp3) is 0. The van der Waals surface area contributed by atoms with E-state index in [1.807, 2.05) is 42.5 Å². The van der Waals surface area contributed by atoms with E-state index in [-0.39, 0.29) is 0 Å². The summed E-state index contributed by atoms with van der Waals surface area (Å²) >= 11 is 0. The number of benzene rings is 14. The fourth-order valence-electron chi connectivity index (χ4n) is 16.3. The molecular weight excluding hydrogens is 1160 g/mol. The SMILES string of the molecule is N#Cc1c(-c2ccc3oc4ccccc4c3c2)c(-n2c3ccccc3c3c4c(ccc32)oc2ccccc24)c(-n2c3ccccc3c3c4c(ccc32)oc2ccccc24)c(-n2c3ccccc3c3c4c(ccc32)oc2ccccc24)c1-c1ccc2oc3ccccc3c2c1. The predicted octanol–water partition coefficient (Wildman–Crippen LogP) is 23.7. The van der Waals surface area contributed by atoms with E-state index in [2.05, 4.69) is 244 Å². The lowest BCUT2D eigenvalue weighted by Crippen LogP contribution is -2.14. The van der Waals surface area contributed by atoms with Gasteiger partial charge in [0, 0.05) is 97.3 Å². The van der Waals surface area contributed by atoms with Gasteiger partial charge in [0.05, 0.1) is 55.7 Å². The molecule has 9 heteroatoms. The third-order valence-corrected chi connectivity index (χ3v) is 20.1. The maximum Gasteiger partial charge on any atom is 0.136 e. The number of furan rings is 5. The minimum absolute atomic E-state index is 0.471. The molecule has 9 nitrogen and oxygen atoms in total. The molecule has 94 heavy (non-hydrogen) atoms. The minimum atomic E-state index is 0.471. The van der Waals surface area contributed by atoms with Crippen molar-refractivity contribution >= 4 is 175 Å². The largest absolute Gasteiger partial charge is 0.456 e. The van der Waals surface area contributed by atoms with E-state index in [0.717, 1.165) is 214 Å². The van der Waals surface area contributed by atoms with Crippen LogP contribution < -0.4 is 0 Å². The summed E-state index contributed by atoms with van der Waals surface area (Å²) in [5.74, 6) is 0.